The third-order valence-corrected chi connectivity index (χ3v) is 3.95. The summed E-state index contributed by atoms with van der Waals surface area (Å²) in [5.41, 5.74) is 4.49. The van der Waals surface area contributed by atoms with E-state index in [0.29, 0.717) is 0 Å². The maximum Gasteiger partial charge on any atom is 0.173 e. The average Bonchev–Trinajstić information content (AvgIpc) is 2.64. The van der Waals surface area contributed by atoms with E-state index in [1.54, 1.807) is 0 Å². The van der Waals surface area contributed by atoms with E-state index < -0.39 is 0 Å². The van der Waals surface area contributed by atoms with E-state index in [1.807, 2.05) is 43.2 Å². The molecule has 0 fully saturated rings. The second-order valence-corrected chi connectivity index (χ2v) is 5.79. The van der Waals surface area contributed by atoms with Crippen LogP contribution in [0.2, 0.25) is 0 Å². The second-order valence-electron chi connectivity index (χ2n) is 5.79. The number of rotatable bonds is 5. The zero-order valence-corrected chi connectivity index (χ0v) is 15.3. The summed E-state index contributed by atoms with van der Waals surface area (Å²) in [6.45, 7) is 2.91. The van der Waals surface area contributed by atoms with Crippen molar-refractivity contribution in [3.63, 3.8) is 0 Å². The van der Waals surface area contributed by atoms with E-state index in [1.165, 1.54) is 5.56 Å². The number of hydrazone groups is 1. The fourth-order valence-electron chi connectivity index (χ4n) is 2.58. The molecule has 0 amide bonds. The Morgan fingerprint density at radius 2 is 1.42 bits per heavy atom. The molecule has 0 saturated heterocycles. The molecule has 4 heteroatoms. The van der Waals surface area contributed by atoms with Crippen LogP contribution in [0.4, 0.5) is 5.69 Å². The minimum absolute atomic E-state index is 0. The van der Waals surface area contributed by atoms with Crippen molar-refractivity contribution in [2.75, 3.05) is 12.1 Å². The highest BCUT2D eigenvalue weighted by atomic mass is 35.5. The molecule has 0 atom stereocenters. The molecule has 0 N–H and O–H groups in total. The third kappa shape index (κ3) is 5.71. The van der Waals surface area contributed by atoms with E-state index in [4.69, 9.17) is 0 Å². The van der Waals surface area contributed by atoms with Gasteiger partial charge in [-0.3, -0.25) is 5.01 Å². The van der Waals surface area contributed by atoms with Crippen LogP contribution >= 0.6 is 0 Å². The normalized spacial score (nSPS) is 10.5. The van der Waals surface area contributed by atoms with Crippen LogP contribution in [0.1, 0.15) is 25.5 Å². The van der Waals surface area contributed by atoms with Crippen molar-refractivity contribution in [1.29, 1.82) is 0 Å². The molecule has 3 aromatic rings. The van der Waals surface area contributed by atoms with Crippen molar-refractivity contribution < 1.29 is 17.0 Å². The monoisotopic (exact) mass is 367 g/mol. The van der Waals surface area contributed by atoms with Gasteiger partial charge in [0.05, 0.1) is 11.4 Å². The van der Waals surface area contributed by atoms with E-state index >= 15 is 0 Å². The minimum Gasteiger partial charge on any atom is -1.00 e. The Kier molecular flexibility index (Phi) is 8.53. The number of nitrogens with zero attached hydrogens (tertiary/aromatic N) is 3. The molecule has 0 saturated carbocycles. The SMILES string of the molecule is C.C/C(=N\N(C)c1ccccc1)c1cc[n+](Cc2ccccc2)cc1.[Cl-]. The fraction of sp³-hybridized carbons (Fsp3) is 0.182. The standard InChI is InChI=1S/C21H22N3.CH4.ClH/c1-18(22-23(2)21-11-7-4-8-12-21)20-13-15-24(16-14-20)17-19-9-5-3-6-10-19;;/h3-16H,17H2,1-2H3;1H4;1H/q+1;;/p-1. The molecule has 0 bridgehead atoms. The van der Waals surface area contributed by atoms with Crippen LogP contribution in [-0.2, 0) is 6.54 Å². The first kappa shape index (κ1) is 21.4. The molecule has 0 aliphatic heterocycles. The maximum atomic E-state index is 4.67. The fourth-order valence-corrected chi connectivity index (χ4v) is 2.58. The smallest absolute Gasteiger partial charge is 0.173 e. The Morgan fingerprint density at radius 1 is 0.885 bits per heavy atom. The van der Waals surface area contributed by atoms with Gasteiger partial charge in [0.2, 0.25) is 0 Å². The van der Waals surface area contributed by atoms with Gasteiger partial charge in [-0.15, -0.1) is 0 Å². The number of para-hydroxylation sites is 1. The summed E-state index contributed by atoms with van der Waals surface area (Å²) in [6.07, 6.45) is 4.20. The molecule has 26 heavy (non-hydrogen) atoms. The highest BCUT2D eigenvalue weighted by Crippen LogP contribution is 2.12. The number of anilines is 1. The predicted molar refractivity (Wildman–Crippen MR) is 106 cm³/mol. The van der Waals surface area contributed by atoms with Crippen LogP contribution in [0.15, 0.2) is 90.3 Å². The molecule has 0 radical (unpaired) electrons. The van der Waals surface area contributed by atoms with Gasteiger partial charge < -0.3 is 12.4 Å². The first-order valence-electron chi connectivity index (χ1n) is 8.10. The average molecular weight is 368 g/mol. The Bertz CT molecular complexity index is 800. The van der Waals surface area contributed by atoms with Crippen LogP contribution in [0.3, 0.4) is 0 Å². The molecule has 136 valence electrons. The molecule has 0 aliphatic rings. The molecule has 2 aromatic carbocycles. The van der Waals surface area contributed by atoms with Crippen molar-refractivity contribution in [2.24, 2.45) is 5.10 Å². The summed E-state index contributed by atoms with van der Waals surface area (Å²) in [4.78, 5) is 0. The lowest BCUT2D eigenvalue weighted by Crippen LogP contribution is -3.00. The Morgan fingerprint density at radius 3 is 2.00 bits per heavy atom. The number of pyridine rings is 1. The summed E-state index contributed by atoms with van der Waals surface area (Å²) in [5, 5.41) is 6.57. The highest BCUT2D eigenvalue weighted by Gasteiger charge is 2.06. The van der Waals surface area contributed by atoms with Crippen molar-refractivity contribution in [3.8, 4) is 0 Å². The first-order chi connectivity index (χ1) is 11.7. The third-order valence-electron chi connectivity index (χ3n) is 3.95. The molecular weight excluding hydrogens is 342 g/mol. The van der Waals surface area contributed by atoms with Crippen molar-refractivity contribution in [1.82, 2.24) is 0 Å². The summed E-state index contributed by atoms with van der Waals surface area (Å²) < 4.78 is 2.17. The molecule has 1 aromatic heterocycles. The van der Waals surface area contributed by atoms with E-state index in [2.05, 4.69) is 70.6 Å². The van der Waals surface area contributed by atoms with Gasteiger partial charge in [0.15, 0.2) is 18.9 Å². The van der Waals surface area contributed by atoms with Crippen LogP contribution in [-0.4, -0.2) is 12.8 Å². The largest absolute Gasteiger partial charge is 1.00 e. The lowest BCUT2D eigenvalue weighted by Gasteiger charge is -2.14. The van der Waals surface area contributed by atoms with Crippen LogP contribution in [0.25, 0.3) is 0 Å². The lowest BCUT2D eigenvalue weighted by atomic mass is 10.2. The quantitative estimate of drug-likeness (QED) is 0.380. The van der Waals surface area contributed by atoms with Gasteiger partial charge in [0, 0.05) is 30.3 Å². The topological polar surface area (TPSA) is 19.5 Å². The second kappa shape index (κ2) is 10.4. The summed E-state index contributed by atoms with van der Waals surface area (Å²) in [6, 6.07) is 24.8. The van der Waals surface area contributed by atoms with E-state index in [-0.39, 0.29) is 19.8 Å². The Hall–Kier alpha value is -2.65. The molecule has 0 aliphatic carbocycles. The molecule has 0 spiro atoms. The summed E-state index contributed by atoms with van der Waals surface area (Å²) in [5.74, 6) is 0. The molecule has 0 unspecified atom stereocenters. The zero-order valence-electron chi connectivity index (χ0n) is 14.5. The minimum atomic E-state index is 0. The van der Waals surface area contributed by atoms with Gasteiger partial charge in [0.1, 0.15) is 0 Å². The maximum absolute atomic E-state index is 4.67. The van der Waals surface area contributed by atoms with Gasteiger partial charge in [-0.1, -0.05) is 56.0 Å². The van der Waals surface area contributed by atoms with Crippen molar-refractivity contribution in [2.45, 2.75) is 20.9 Å². The van der Waals surface area contributed by atoms with Gasteiger partial charge in [-0.25, -0.2) is 4.57 Å². The van der Waals surface area contributed by atoms with Crippen LogP contribution < -0.4 is 22.0 Å². The van der Waals surface area contributed by atoms with Crippen LogP contribution in [0.5, 0.6) is 0 Å². The number of halogens is 1. The molecular formula is C22H26ClN3. The van der Waals surface area contributed by atoms with Crippen LogP contribution in [0, 0.1) is 0 Å². The van der Waals surface area contributed by atoms with Gasteiger partial charge >= 0.3 is 0 Å². The van der Waals surface area contributed by atoms with Gasteiger partial charge in [-0.2, -0.15) is 5.10 Å². The Labute approximate surface area is 163 Å². The lowest BCUT2D eigenvalue weighted by molar-refractivity contribution is -0.688. The predicted octanol–water partition coefficient (Wildman–Crippen LogP) is 1.52. The first-order valence-corrected chi connectivity index (χ1v) is 8.10. The molecule has 3 nitrogen and oxygen atoms in total. The number of aromatic nitrogens is 1. The van der Waals surface area contributed by atoms with E-state index in [0.717, 1.165) is 23.5 Å². The summed E-state index contributed by atoms with van der Waals surface area (Å²) >= 11 is 0. The van der Waals surface area contributed by atoms with Gasteiger partial charge in [0.25, 0.3) is 0 Å². The van der Waals surface area contributed by atoms with Crippen molar-refractivity contribution >= 4 is 11.4 Å². The number of benzene rings is 2. The van der Waals surface area contributed by atoms with E-state index in [9.17, 15) is 0 Å². The number of hydrogen-bond acceptors (Lipinski definition) is 2. The highest BCUT2D eigenvalue weighted by molar-refractivity contribution is 5.98. The van der Waals surface area contributed by atoms with Gasteiger partial charge in [-0.05, 0) is 19.1 Å². The summed E-state index contributed by atoms with van der Waals surface area (Å²) in [7, 11) is 1.97. The molecule has 1 heterocycles. The molecule has 3 rings (SSSR count). The van der Waals surface area contributed by atoms with Crippen molar-refractivity contribution in [3.05, 3.63) is 96.3 Å². The number of hydrogen-bond donors (Lipinski definition) is 0. The Balaban J connectivity index is 0.00000169. The zero-order chi connectivity index (χ0) is 16.8.